The van der Waals surface area contributed by atoms with Gasteiger partial charge in [0.1, 0.15) is 5.75 Å². The van der Waals surface area contributed by atoms with Crippen molar-refractivity contribution in [1.29, 1.82) is 0 Å². The SMILES string of the molecule is CCOc1ccccc1CCNC(=O)CC1C[C@H]2CC[C@@H](C1)N2. The first kappa shape index (κ1) is 16.3. The molecule has 0 aliphatic carbocycles. The van der Waals surface area contributed by atoms with Gasteiger partial charge < -0.3 is 15.4 Å². The fraction of sp³-hybridized carbons (Fsp3) is 0.632. The summed E-state index contributed by atoms with van der Waals surface area (Å²) in [7, 11) is 0. The Morgan fingerprint density at radius 1 is 1.26 bits per heavy atom. The maximum Gasteiger partial charge on any atom is 0.220 e. The van der Waals surface area contributed by atoms with Gasteiger partial charge in [0.15, 0.2) is 0 Å². The summed E-state index contributed by atoms with van der Waals surface area (Å²) in [5.74, 6) is 1.69. The lowest BCUT2D eigenvalue weighted by atomic mass is 9.89. The number of carbonyl (C=O) groups excluding carboxylic acids is 1. The Morgan fingerprint density at radius 3 is 2.74 bits per heavy atom. The quantitative estimate of drug-likeness (QED) is 0.813. The monoisotopic (exact) mass is 316 g/mol. The first-order valence-electron chi connectivity index (χ1n) is 8.98. The summed E-state index contributed by atoms with van der Waals surface area (Å²) < 4.78 is 5.63. The summed E-state index contributed by atoms with van der Waals surface area (Å²) >= 11 is 0. The minimum atomic E-state index is 0.199. The first-order valence-corrected chi connectivity index (χ1v) is 8.98. The Labute approximate surface area is 139 Å². The van der Waals surface area contributed by atoms with Crippen LogP contribution >= 0.6 is 0 Å². The number of fused-ring (bicyclic) bond motifs is 2. The van der Waals surface area contributed by atoms with E-state index in [0.717, 1.165) is 30.6 Å². The second-order valence-corrected chi connectivity index (χ2v) is 6.82. The highest BCUT2D eigenvalue weighted by Crippen LogP contribution is 2.32. The molecule has 3 atom stereocenters. The third-order valence-electron chi connectivity index (χ3n) is 5.03. The highest BCUT2D eigenvalue weighted by molar-refractivity contribution is 5.76. The van der Waals surface area contributed by atoms with E-state index in [1.165, 1.54) is 12.8 Å². The van der Waals surface area contributed by atoms with Crippen molar-refractivity contribution in [3.05, 3.63) is 29.8 Å². The lowest BCUT2D eigenvalue weighted by molar-refractivity contribution is -0.122. The van der Waals surface area contributed by atoms with E-state index in [1.807, 2.05) is 25.1 Å². The Bertz CT molecular complexity index is 520. The number of hydrogen-bond acceptors (Lipinski definition) is 3. The number of rotatable bonds is 7. The Morgan fingerprint density at radius 2 is 2.00 bits per heavy atom. The highest BCUT2D eigenvalue weighted by atomic mass is 16.5. The van der Waals surface area contributed by atoms with Gasteiger partial charge in [0.2, 0.25) is 5.91 Å². The van der Waals surface area contributed by atoms with Gasteiger partial charge in [-0.25, -0.2) is 0 Å². The molecule has 1 aromatic rings. The molecule has 2 bridgehead atoms. The number of nitrogens with one attached hydrogen (secondary N) is 2. The van der Waals surface area contributed by atoms with Gasteiger partial charge in [0.05, 0.1) is 6.61 Å². The molecule has 0 saturated carbocycles. The Kier molecular flexibility index (Phi) is 5.55. The van der Waals surface area contributed by atoms with Crippen molar-refractivity contribution in [3.63, 3.8) is 0 Å². The molecule has 126 valence electrons. The molecule has 2 N–H and O–H groups in total. The summed E-state index contributed by atoms with van der Waals surface area (Å²) in [5, 5.41) is 6.71. The molecule has 3 rings (SSSR count). The molecule has 1 amide bonds. The van der Waals surface area contributed by atoms with E-state index in [0.29, 0.717) is 37.6 Å². The molecule has 4 heteroatoms. The van der Waals surface area contributed by atoms with Gasteiger partial charge in [0.25, 0.3) is 0 Å². The van der Waals surface area contributed by atoms with Crippen LogP contribution in [0.5, 0.6) is 5.75 Å². The molecule has 2 aliphatic rings. The van der Waals surface area contributed by atoms with Crippen LogP contribution in [0.4, 0.5) is 0 Å². The van der Waals surface area contributed by atoms with Crippen molar-refractivity contribution in [3.8, 4) is 5.75 Å². The molecule has 1 aromatic carbocycles. The van der Waals surface area contributed by atoms with E-state index in [9.17, 15) is 4.79 Å². The van der Waals surface area contributed by atoms with E-state index >= 15 is 0 Å². The van der Waals surface area contributed by atoms with Crippen LogP contribution in [-0.2, 0) is 11.2 Å². The molecule has 2 fully saturated rings. The minimum absolute atomic E-state index is 0.199. The van der Waals surface area contributed by atoms with Crippen LogP contribution < -0.4 is 15.4 Å². The average molecular weight is 316 g/mol. The van der Waals surface area contributed by atoms with E-state index in [1.54, 1.807) is 0 Å². The predicted molar refractivity (Wildman–Crippen MR) is 91.6 cm³/mol. The predicted octanol–water partition coefficient (Wildman–Crippen LogP) is 2.66. The third-order valence-corrected chi connectivity index (χ3v) is 5.03. The van der Waals surface area contributed by atoms with Crippen LogP contribution in [0.3, 0.4) is 0 Å². The largest absolute Gasteiger partial charge is 0.494 e. The zero-order valence-electron chi connectivity index (χ0n) is 14.0. The van der Waals surface area contributed by atoms with Crippen LogP contribution in [-0.4, -0.2) is 31.1 Å². The summed E-state index contributed by atoms with van der Waals surface area (Å²) in [6.45, 7) is 3.34. The van der Waals surface area contributed by atoms with Crippen molar-refractivity contribution in [1.82, 2.24) is 10.6 Å². The summed E-state index contributed by atoms with van der Waals surface area (Å²) in [6.07, 6.45) is 6.41. The Balaban J connectivity index is 1.41. The van der Waals surface area contributed by atoms with Crippen LogP contribution in [0, 0.1) is 5.92 Å². The molecule has 2 heterocycles. The smallest absolute Gasteiger partial charge is 0.220 e. The van der Waals surface area contributed by atoms with E-state index < -0.39 is 0 Å². The number of carbonyl (C=O) groups is 1. The normalized spacial score (nSPS) is 26.0. The van der Waals surface area contributed by atoms with Crippen molar-refractivity contribution in [2.75, 3.05) is 13.2 Å². The van der Waals surface area contributed by atoms with E-state index in [4.69, 9.17) is 4.74 Å². The number of amides is 1. The topological polar surface area (TPSA) is 50.4 Å². The van der Waals surface area contributed by atoms with Crippen LogP contribution in [0.1, 0.15) is 44.6 Å². The minimum Gasteiger partial charge on any atom is -0.494 e. The summed E-state index contributed by atoms with van der Waals surface area (Å²) in [5.41, 5.74) is 1.16. The van der Waals surface area contributed by atoms with Crippen LogP contribution in [0.2, 0.25) is 0 Å². The zero-order chi connectivity index (χ0) is 16.1. The highest BCUT2D eigenvalue weighted by Gasteiger charge is 2.34. The van der Waals surface area contributed by atoms with Crippen molar-refractivity contribution in [2.45, 2.75) is 57.5 Å². The maximum atomic E-state index is 12.2. The molecule has 2 aliphatic heterocycles. The lowest BCUT2D eigenvalue weighted by Crippen LogP contribution is -2.39. The van der Waals surface area contributed by atoms with Gasteiger partial charge in [-0.2, -0.15) is 0 Å². The fourth-order valence-corrected chi connectivity index (χ4v) is 4.02. The Hall–Kier alpha value is -1.55. The van der Waals surface area contributed by atoms with Gasteiger partial charge in [-0.15, -0.1) is 0 Å². The van der Waals surface area contributed by atoms with Gasteiger partial charge in [-0.1, -0.05) is 18.2 Å². The van der Waals surface area contributed by atoms with E-state index in [-0.39, 0.29) is 5.91 Å². The van der Waals surface area contributed by atoms with Gasteiger partial charge in [-0.05, 0) is 56.6 Å². The number of hydrogen-bond donors (Lipinski definition) is 2. The average Bonchev–Trinajstić information content (AvgIpc) is 2.88. The van der Waals surface area contributed by atoms with Crippen molar-refractivity contribution in [2.24, 2.45) is 5.92 Å². The molecule has 1 unspecified atom stereocenters. The van der Waals surface area contributed by atoms with E-state index in [2.05, 4.69) is 16.7 Å². The number of piperidine rings is 1. The molecule has 4 nitrogen and oxygen atoms in total. The summed E-state index contributed by atoms with van der Waals surface area (Å²) in [6, 6.07) is 9.38. The molecular formula is C19H28N2O2. The molecule has 2 saturated heterocycles. The maximum absolute atomic E-state index is 12.2. The molecule has 23 heavy (non-hydrogen) atoms. The van der Waals surface area contributed by atoms with Crippen LogP contribution in [0.25, 0.3) is 0 Å². The lowest BCUT2D eigenvalue weighted by Gasteiger charge is -2.28. The van der Waals surface area contributed by atoms with Gasteiger partial charge in [0, 0.05) is 25.0 Å². The zero-order valence-corrected chi connectivity index (χ0v) is 14.0. The van der Waals surface area contributed by atoms with Crippen molar-refractivity contribution >= 4 is 5.91 Å². The second kappa shape index (κ2) is 7.82. The van der Waals surface area contributed by atoms with Crippen molar-refractivity contribution < 1.29 is 9.53 Å². The first-order chi connectivity index (χ1) is 11.2. The fourth-order valence-electron chi connectivity index (χ4n) is 4.02. The molecular weight excluding hydrogens is 288 g/mol. The van der Waals surface area contributed by atoms with Crippen LogP contribution in [0.15, 0.2) is 24.3 Å². The third kappa shape index (κ3) is 4.47. The number of ether oxygens (including phenoxy) is 1. The molecule has 0 aromatic heterocycles. The molecule has 0 spiro atoms. The summed E-state index contributed by atoms with van der Waals surface area (Å²) in [4.78, 5) is 12.2. The van der Waals surface area contributed by atoms with Gasteiger partial charge in [-0.3, -0.25) is 4.79 Å². The van der Waals surface area contributed by atoms with Gasteiger partial charge >= 0.3 is 0 Å². The number of para-hydroxylation sites is 1. The standard InChI is InChI=1S/C19H28N2O2/c1-2-23-18-6-4-3-5-15(18)9-10-20-19(22)13-14-11-16-7-8-17(12-14)21-16/h3-6,14,16-17,21H,2,7-13H2,1H3,(H,20,22)/t14?,16-,17+. The molecule has 0 radical (unpaired) electrons. The number of benzene rings is 1. The second-order valence-electron chi connectivity index (χ2n) is 6.82.